The van der Waals surface area contributed by atoms with Crippen LogP contribution in [0.1, 0.15) is 32.4 Å². The molecular weight excluding hydrogens is 392 g/mol. The molecule has 0 aliphatic carbocycles. The maximum atomic E-state index is 13.3. The largest absolute Gasteiger partial charge is 0.327 e. The Bertz CT molecular complexity index is 1090. The smallest absolute Gasteiger partial charge is 0.254 e. The Balaban J connectivity index is 1.70. The molecule has 0 saturated carbocycles. The summed E-state index contributed by atoms with van der Waals surface area (Å²) in [5.41, 5.74) is 2.73. The molecule has 0 radical (unpaired) electrons. The predicted molar refractivity (Wildman–Crippen MR) is 110 cm³/mol. The molecule has 1 amide bonds. The van der Waals surface area contributed by atoms with Crippen LogP contribution >= 0.6 is 11.3 Å². The van der Waals surface area contributed by atoms with Crippen LogP contribution in [0.25, 0.3) is 0 Å². The number of hydrogen-bond acceptors (Lipinski definition) is 4. The van der Waals surface area contributed by atoms with Crippen molar-refractivity contribution in [3.8, 4) is 0 Å². The van der Waals surface area contributed by atoms with E-state index in [1.165, 1.54) is 29.6 Å². The number of nitrogens with one attached hydrogen (secondary N) is 1. The van der Waals surface area contributed by atoms with Gasteiger partial charge in [-0.1, -0.05) is 30.3 Å². The molecule has 4 rings (SSSR count). The van der Waals surface area contributed by atoms with Crippen LogP contribution in [0, 0.1) is 0 Å². The molecule has 0 fully saturated rings. The Morgan fingerprint density at radius 1 is 1.07 bits per heavy atom. The molecule has 1 atom stereocenters. The van der Waals surface area contributed by atoms with E-state index in [4.69, 9.17) is 0 Å². The summed E-state index contributed by atoms with van der Waals surface area (Å²) in [7, 11) is -2.16. The molecule has 2 aromatic carbocycles. The number of amides is 1. The number of benzene rings is 2. The topological polar surface area (TPSA) is 66.5 Å². The first-order chi connectivity index (χ1) is 13.5. The normalized spacial score (nSPS) is 16.6. The van der Waals surface area contributed by atoms with E-state index in [0.717, 1.165) is 12.0 Å². The highest BCUT2D eigenvalue weighted by molar-refractivity contribution is 7.89. The van der Waals surface area contributed by atoms with Crippen molar-refractivity contribution in [2.24, 2.45) is 0 Å². The summed E-state index contributed by atoms with van der Waals surface area (Å²) in [6.45, 7) is 0.627. The number of carbonyl (C=O) groups is 1. The molecule has 1 aromatic heterocycles. The minimum Gasteiger partial charge on any atom is -0.327 e. The van der Waals surface area contributed by atoms with E-state index in [1.807, 2.05) is 35.2 Å². The lowest BCUT2D eigenvalue weighted by atomic mass is 9.92. The predicted octanol–water partition coefficient (Wildman–Crippen LogP) is 3.44. The first kappa shape index (κ1) is 18.9. The van der Waals surface area contributed by atoms with Gasteiger partial charge in [0, 0.05) is 17.0 Å². The van der Waals surface area contributed by atoms with E-state index >= 15 is 0 Å². The van der Waals surface area contributed by atoms with Gasteiger partial charge >= 0.3 is 0 Å². The highest BCUT2D eigenvalue weighted by atomic mass is 32.2. The standard InChI is InChI=1S/C21H20N2O3S2/c1-22-28(25,26)17-9-7-16(8-10-17)21(24)23-13-11-19-18(12-14-27-19)20(23)15-5-3-2-4-6-15/h2-10,12,14,20,22H,11,13H2,1H3/t20-/m1/s1. The minimum absolute atomic E-state index is 0.0980. The van der Waals surface area contributed by atoms with Crippen molar-refractivity contribution in [3.05, 3.63) is 87.6 Å². The second kappa shape index (κ2) is 7.50. The van der Waals surface area contributed by atoms with Crippen molar-refractivity contribution in [1.82, 2.24) is 9.62 Å². The van der Waals surface area contributed by atoms with Gasteiger partial charge in [0.25, 0.3) is 5.91 Å². The lowest BCUT2D eigenvalue weighted by Gasteiger charge is -2.36. The van der Waals surface area contributed by atoms with Gasteiger partial charge in [-0.3, -0.25) is 4.79 Å². The fourth-order valence-electron chi connectivity index (χ4n) is 3.59. The van der Waals surface area contributed by atoms with Crippen LogP contribution in [0.4, 0.5) is 0 Å². The highest BCUT2D eigenvalue weighted by Crippen LogP contribution is 2.38. The number of carbonyl (C=O) groups excluding carboxylic acids is 1. The van der Waals surface area contributed by atoms with Gasteiger partial charge in [-0.25, -0.2) is 13.1 Å². The molecule has 0 unspecified atom stereocenters. The van der Waals surface area contributed by atoms with Crippen LogP contribution in [0.15, 0.2) is 70.9 Å². The average Bonchev–Trinajstić information content (AvgIpc) is 3.22. The summed E-state index contributed by atoms with van der Waals surface area (Å²) in [4.78, 5) is 16.6. The van der Waals surface area contributed by atoms with Crippen LogP contribution in [0.2, 0.25) is 0 Å². The first-order valence-electron chi connectivity index (χ1n) is 8.97. The zero-order chi connectivity index (χ0) is 19.7. The number of fused-ring (bicyclic) bond motifs is 1. The number of hydrogen-bond donors (Lipinski definition) is 1. The zero-order valence-corrected chi connectivity index (χ0v) is 17.0. The third-order valence-electron chi connectivity index (χ3n) is 5.02. The quantitative estimate of drug-likeness (QED) is 0.714. The molecule has 0 spiro atoms. The van der Waals surface area contributed by atoms with Gasteiger partial charge in [-0.15, -0.1) is 11.3 Å². The highest BCUT2D eigenvalue weighted by Gasteiger charge is 2.33. The lowest BCUT2D eigenvalue weighted by molar-refractivity contribution is 0.0696. The summed E-state index contributed by atoms with van der Waals surface area (Å²) in [6, 6.07) is 18.1. The van der Waals surface area contributed by atoms with Crippen molar-refractivity contribution >= 4 is 27.3 Å². The van der Waals surface area contributed by atoms with Gasteiger partial charge in [0.15, 0.2) is 0 Å². The number of sulfonamides is 1. The van der Waals surface area contributed by atoms with Crippen LogP contribution < -0.4 is 4.72 Å². The van der Waals surface area contributed by atoms with Gasteiger partial charge in [-0.05, 0) is 60.3 Å². The molecule has 1 aliphatic rings. The van der Waals surface area contributed by atoms with E-state index in [0.29, 0.717) is 12.1 Å². The van der Waals surface area contributed by atoms with Crippen LogP contribution in [-0.4, -0.2) is 32.8 Å². The summed E-state index contributed by atoms with van der Waals surface area (Å²) < 4.78 is 26.1. The molecule has 0 bridgehead atoms. The Hall–Kier alpha value is -2.48. The Morgan fingerprint density at radius 3 is 2.46 bits per heavy atom. The molecule has 3 aromatic rings. The third kappa shape index (κ3) is 3.37. The van der Waals surface area contributed by atoms with Crippen LogP contribution in [0.3, 0.4) is 0 Å². The third-order valence-corrected chi connectivity index (χ3v) is 7.45. The van der Waals surface area contributed by atoms with Gasteiger partial charge in [0.05, 0.1) is 10.9 Å². The maximum Gasteiger partial charge on any atom is 0.254 e. The van der Waals surface area contributed by atoms with Gasteiger partial charge in [-0.2, -0.15) is 0 Å². The molecular formula is C21H20N2O3S2. The summed E-state index contributed by atoms with van der Waals surface area (Å²) >= 11 is 1.73. The van der Waals surface area contributed by atoms with Crippen molar-refractivity contribution in [2.75, 3.05) is 13.6 Å². The maximum absolute atomic E-state index is 13.3. The van der Waals surface area contributed by atoms with Crippen molar-refractivity contribution < 1.29 is 13.2 Å². The Labute approximate surface area is 168 Å². The number of rotatable bonds is 4. The lowest BCUT2D eigenvalue weighted by Crippen LogP contribution is -2.40. The fraction of sp³-hybridized carbons (Fsp3) is 0.190. The Morgan fingerprint density at radius 2 is 1.79 bits per heavy atom. The Kier molecular flexibility index (Phi) is 5.05. The van der Waals surface area contributed by atoms with E-state index in [1.54, 1.807) is 23.5 Å². The summed E-state index contributed by atoms with van der Waals surface area (Å²) in [6.07, 6.45) is 0.828. The number of nitrogens with zero attached hydrogens (tertiary/aromatic N) is 1. The average molecular weight is 413 g/mol. The van der Waals surface area contributed by atoms with Crippen LogP contribution in [-0.2, 0) is 16.4 Å². The molecule has 1 aliphatic heterocycles. The molecule has 28 heavy (non-hydrogen) atoms. The summed E-state index contributed by atoms with van der Waals surface area (Å²) in [5, 5.41) is 2.08. The monoisotopic (exact) mass is 412 g/mol. The van der Waals surface area contributed by atoms with E-state index in [-0.39, 0.29) is 16.8 Å². The molecule has 7 heteroatoms. The SMILES string of the molecule is CNS(=O)(=O)c1ccc(C(=O)N2CCc3sccc3[C@H]2c2ccccc2)cc1. The second-order valence-electron chi connectivity index (χ2n) is 6.59. The first-order valence-corrected chi connectivity index (χ1v) is 11.3. The number of thiophene rings is 1. The van der Waals surface area contributed by atoms with Crippen molar-refractivity contribution in [1.29, 1.82) is 0 Å². The minimum atomic E-state index is -3.53. The van der Waals surface area contributed by atoms with E-state index < -0.39 is 10.0 Å². The molecule has 0 saturated heterocycles. The second-order valence-corrected chi connectivity index (χ2v) is 9.48. The van der Waals surface area contributed by atoms with E-state index in [2.05, 4.69) is 16.2 Å². The van der Waals surface area contributed by atoms with Gasteiger partial charge < -0.3 is 4.90 Å². The van der Waals surface area contributed by atoms with Gasteiger partial charge in [0.1, 0.15) is 0 Å². The van der Waals surface area contributed by atoms with Crippen LogP contribution in [0.5, 0.6) is 0 Å². The van der Waals surface area contributed by atoms with Crippen molar-refractivity contribution in [2.45, 2.75) is 17.4 Å². The molecule has 2 heterocycles. The molecule has 5 nitrogen and oxygen atoms in total. The molecule has 1 N–H and O–H groups in total. The zero-order valence-electron chi connectivity index (χ0n) is 15.3. The van der Waals surface area contributed by atoms with Crippen molar-refractivity contribution in [3.63, 3.8) is 0 Å². The molecule has 144 valence electrons. The fourth-order valence-corrected chi connectivity index (χ4v) is 5.22. The summed E-state index contributed by atoms with van der Waals surface area (Å²) in [5.74, 6) is -0.0980. The van der Waals surface area contributed by atoms with E-state index in [9.17, 15) is 13.2 Å². The van der Waals surface area contributed by atoms with Gasteiger partial charge in [0.2, 0.25) is 10.0 Å².